The summed E-state index contributed by atoms with van der Waals surface area (Å²) < 4.78 is 27.7. The van der Waals surface area contributed by atoms with E-state index in [-0.39, 0.29) is 0 Å². The van der Waals surface area contributed by atoms with Crippen LogP contribution in [-0.2, 0) is 10.0 Å². The third kappa shape index (κ3) is 3.71. The van der Waals surface area contributed by atoms with Gasteiger partial charge in [-0.15, -0.1) is 0 Å². The van der Waals surface area contributed by atoms with E-state index in [1.54, 1.807) is 18.2 Å². The second-order valence-corrected chi connectivity index (χ2v) is 8.62. The van der Waals surface area contributed by atoms with E-state index in [2.05, 4.69) is 20.8 Å². The Labute approximate surface area is 149 Å². The van der Waals surface area contributed by atoms with Crippen molar-refractivity contribution >= 4 is 43.2 Å². The molecule has 3 rings (SSSR count). The molecule has 1 aliphatic heterocycles. The van der Waals surface area contributed by atoms with E-state index in [1.807, 2.05) is 30.3 Å². The van der Waals surface area contributed by atoms with E-state index >= 15 is 0 Å². The van der Waals surface area contributed by atoms with Crippen molar-refractivity contribution in [1.29, 1.82) is 0 Å². The molecule has 1 aliphatic rings. The Morgan fingerprint density at radius 1 is 0.957 bits per heavy atom. The summed E-state index contributed by atoms with van der Waals surface area (Å²) in [6.45, 7) is 2.21. The van der Waals surface area contributed by atoms with Crippen LogP contribution in [0.25, 0.3) is 0 Å². The Hall–Kier alpha value is -1.08. The monoisotopic (exact) mass is 414 g/mol. The van der Waals surface area contributed by atoms with Crippen molar-refractivity contribution < 1.29 is 8.42 Å². The molecule has 122 valence electrons. The summed E-state index contributed by atoms with van der Waals surface area (Å²) in [5.74, 6) is 0. The summed E-state index contributed by atoms with van der Waals surface area (Å²) in [6, 6.07) is 14.4. The highest BCUT2D eigenvalue weighted by atomic mass is 79.9. The molecule has 0 bridgehead atoms. The normalized spacial score (nSPS) is 16.5. The van der Waals surface area contributed by atoms with Gasteiger partial charge in [0.1, 0.15) is 0 Å². The molecule has 23 heavy (non-hydrogen) atoms. The van der Waals surface area contributed by atoms with Gasteiger partial charge in [-0.2, -0.15) is 4.31 Å². The third-order valence-corrected chi connectivity index (χ3v) is 6.47. The largest absolute Gasteiger partial charge is 0.369 e. The van der Waals surface area contributed by atoms with Crippen LogP contribution in [0.3, 0.4) is 0 Å². The Bertz CT molecular complexity index is 805. The van der Waals surface area contributed by atoms with E-state index in [4.69, 9.17) is 11.6 Å². The first-order valence-electron chi connectivity index (χ1n) is 7.23. The topological polar surface area (TPSA) is 40.6 Å². The van der Waals surface area contributed by atoms with Gasteiger partial charge >= 0.3 is 0 Å². The Balaban J connectivity index is 1.73. The van der Waals surface area contributed by atoms with Crippen LogP contribution >= 0.6 is 27.5 Å². The van der Waals surface area contributed by atoms with Crippen molar-refractivity contribution in [2.24, 2.45) is 0 Å². The van der Waals surface area contributed by atoms with Gasteiger partial charge in [-0.3, -0.25) is 0 Å². The van der Waals surface area contributed by atoms with Gasteiger partial charge in [-0.05, 0) is 36.4 Å². The van der Waals surface area contributed by atoms with Crippen LogP contribution in [0.15, 0.2) is 57.9 Å². The van der Waals surface area contributed by atoms with E-state index in [9.17, 15) is 8.42 Å². The Morgan fingerprint density at radius 3 is 2.30 bits per heavy atom. The van der Waals surface area contributed by atoms with Crippen LogP contribution < -0.4 is 4.90 Å². The first-order chi connectivity index (χ1) is 11.0. The van der Waals surface area contributed by atoms with Gasteiger partial charge in [0.15, 0.2) is 0 Å². The fraction of sp³-hybridized carbons (Fsp3) is 0.250. The fourth-order valence-corrected chi connectivity index (χ4v) is 4.84. The van der Waals surface area contributed by atoms with Crippen LogP contribution in [0.4, 0.5) is 5.69 Å². The lowest BCUT2D eigenvalue weighted by Crippen LogP contribution is -2.48. The molecule has 1 heterocycles. The van der Waals surface area contributed by atoms with Gasteiger partial charge < -0.3 is 4.90 Å². The summed E-state index contributed by atoms with van der Waals surface area (Å²) in [5.41, 5.74) is 1.03. The number of anilines is 1. The predicted octanol–water partition coefficient (Wildman–Crippen LogP) is 3.61. The molecule has 0 aliphatic carbocycles. The van der Waals surface area contributed by atoms with Gasteiger partial charge in [0.2, 0.25) is 10.0 Å². The molecule has 0 N–H and O–H groups in total. The number of nitrogens with zero attached hydrogens (tertiary/aromatic N) is 2. The number of rotatable bonds is 3. The molecule has 1 fully saturated rings. The van der Waals surface area contributed by atoms with Crippen molar-refractivity contribution in [3.63, 3.8) is 0 Å². The summed E-state index contributed by atoms with van der Waals surface area (Å²) in [5, 5.41) is 0.687. The first kappa shape index (κ1) is 16.8. The Kier molecular flexibility index (Phi) is 4.96. The van der Waals surface area contributed by atoms with Gasteiger partial charge in [-0.25, -0.2) is 8.42 Å². The van der Waals surface area contributed by atoms with Gasteiger partial charge in [0, 0.05) is 41.4 Å². The predicted molar refractivity (Wildman–Crippen MR) is 96.6 cm³/mol. The zero-order chi connectivity index (χ0) is 16.4. The minimum atomic E-state index is -3.45. The third-order valence-electron chi connectivity index (χ3n) is 3.85. The van der Waals surface area contributed by atoms with Gasteiger partial charge in [0.25, 0.3) is 0 Å². The number of halogens is 2. The first-order valence-corrected chi connectivity index (χ1v) is 9.84. The maximum Gasteiger partial charge on any atom is 0.243 e. The van der Waals surface area contributed by atoms with E-state index < -0.39 is 10.0 Å². The van der Waals surface area contributed by atoms with E-state index in [0.29, 0.717) is 36.1 Å². The van der Waals surface area contributed by atoms with Crippen LogP contribution in [0.1, 0.15) is 0 Å². The second kappa shape index (κ2) is 6.81. The van der Waals surface area contributed by atoms with Crippen molar-refractivity contribution in [2.75, 3.05) is 31.1 Å². The summed E-state index contributed by atoms with van der Waals surface area (Å²) in [6.07, 6.45) is 0. The Morgan fingerprint density at radius 2 is 1.65 bits per heavy atom. The molecule has 0 atom stereocenters. The molecule has 0 spiro atoms. The number of hydrogen-bond acceptors (Lipinski definition) is 3. The number of benzene rings is 2. The lowest BCUT2D eigenvalue weighted by Gasteiger charge is -2.35. The molecule has 0 saturated carbocycles. The molecule has 4 nitrogen and oxygen atoms in total. The molecule has 2 aromatic carbocycles. The highest BCUT2D eigenvalue weighted by Crippen LogP contribution is 2.24. The standard InChI is InChI=1S/C16H16BrClN2O2S/c17-13-3-1-6-16(11-13)23(21,22)20-9-7-19(8-10-20)15-5-2-4-14(18)12-15/h1-6,11-12H,7-10H2. The SMILES string of the molecule is O=S(=O)(c1cccc(Br)c1)N1CCN(c2cccc(Cl)c2)CC1. The van der Waals surface area contributed by atoms with Crippen molar-refractivity contribution in [3.05, 3.63) is 58.0 Å². The fourth-order valence-electron chi connectivity index (χ4n) is 2.64. The summed E-state index contributed by atoms with van der Waals surface area (Å²) >= 11 is 9.34. The molecular formula is C16H16BrClN2O2S. The zero-order valence-electron chi connectivity index (χ0n) is 12.3. The van der Waals surface area contributed by atoms with E-state index in [1.165, 1.54) is 4.31 Å². The smallest absolute Gasteiger partial charge is 0.243 e. The number of sulfonamides is 1. The molecule has 0 radical (unpaired) electrons. The maximum atomic E-state index is 12.7. The second-order valence-electron chi connectivity index (χ2n) is 5.33. The zero-order valence-corrected chi connectivity index (χ0v) is 15.5. The maximum absolute atomic E-state index is 12.7. The van der Waals surface area contributed by atoms with Gasteiger partial charge in [0.05, 0.1) is 4.90 Å². The molecule has 0 amide bonds. The molecule has 0 aromatic heterocycles. The molecule has 0 unspecified atom stereocenters. The van der Waals surface area contributed by atoms with E-state index in [0.717, 1.165) is 10.2 Å². The molecule has 7 heteroatoms. The van der Waals surface area contributed by atoms with Crippen molar-refractivity contribution in [3.8, 4) is 0 Å². The lowest BCUT2D eigenvalue weighted by molar-refractivity contribution is 0.385. The minimum absolute atomic E-state index is 0.322. The molecule has 2 aromatic rings. The average Bonchev–Trinajstić information content (AvgIpc) is 2.55. The highest BCUT2D eigenvalue weighted by molar-refractivity contribution is 9.10. The number of piperazine rings is 1. The summed E-state index contributed by atoms with van der Waals surface area (Å²) in [4.78, 5) is 2.47. The van der Waals surface area contributed by atoms with Crippen LogP contribution in [0.5, 0.6) is 0 Å². The minimum Gasteiger partial charge on any atom is -0.369 e. The lowest BCUT2D eigenvalue weighted by atomic mass is 10.2. The molecular weight excluding hydrogens is 400 g/mol. The summed E-state index contributed by atoms with van der Waals surface area (Å²) in [7, 11) is -3.45. The average molecular weight is 416 g/mol. The highest BCUT2D eigenvalue weighted by Gasteiger charge is 2.28. The van der Waals surface area contributed by atoms with Gasteiger partial charge in [-0.1, -0.05) is 39.7 Å². The van der Waals surface area contributed by atoms with Crippen LogP contribution in [0.2, 0.25) is 5.02 Å². The number of hydrogen-bond donors (Lipinski definition) is 0. The quantitative estimate of drug-likeness (QED) is 0.769. The van der Waals surface area contributed by atoms with Crippen LogP contribution in [-0.4, -0.2) is 38.9 Å². The van der Waals surface area contributed by atoms with Crippen molar-refractivity contribution in [2.45, 2.75) is 4.90 Å². The van der Waals surface area contributed by atoms with Crippen molar-refractivity contribution in [1.82, 2.24) is 4.31 Å². The molecule has 1 saturated heterocycles. The van der Waals surface area contributed by atoms with Crippen LogP contribution in [0, 0.1) is 0 Å².